The van der Waals surface area contributed by atoms with Crippen molar-refractivity contribution in [3.63, 3.8) is 0 Å². The second-order valence-corrected chi connectivity index (χ2v) is 7.12. The third-order valence-corrected chi connectivity index (χ3v) is 4.89. The highest BCUT2D eigenvalue weighted by Crippen LogP contribution is 2.32. The fourth-order valence-electron chi connectivity index (χ4n) is 3.32. The molecule has 0 fully saturated rings. The molecule has 0 atom stereocenters. The predicted octanol–water partition coefficient (Wildman–Crippen LogP) is 4.50. The molecule has 0 saturated carbocycles. The SMILES string of the molecule is Nc1cccc(-c2cc(C(=O)NCCc3cccnc3)cnc2-c2ccc(F)cc2)c1. The molecule has 4 aromatic rings. The summed E-state index contributed by atoms with van der Waals surface area (Å²) in [7, 11) is 0. The summed E-state index contributed by atoms with van der Waals surface area (Å²) in [5.41, 5.74) is 11.0. The van der Waals surface area contributed by atoms with E-state index in [9.17, 15) is 9.18 Å². The molecule has 2 heterocycles. The number of nitrogens with zero attached hydrogens (tertiary/aromatic N) is 2. The van der Waals surface area contributed by atoms with Gasteiger partial charge in [-0.2, -0.15) is 0 Å². The highest BCUT2D eigenvalue weighted by Gasteiger charge is 2.14. The number of carbonyl (C=O) groups excluding carboxylic acids is 1. The Morgan fingerprint density at radius 2 is 1.81 bits per heavy atom. The fourth-order valence-corrected chi connectivity index (χ4v) is 3.32. The van der Waals surface area contributed by atoms with Gasteiger partial charge in [0.15, 0.2) is 0 Å². The minimum Gasteiger partial charge on any atom is -0.399 e. The van der Waals surface area contributed by atoms with E-state index in [1.54, 1.807) is 36.7 Å². The maximum Gasteiger partial charge on any atom is 0.252 e. The molecular weight excluding hydrogens is 391 g/mol. The predicted molar refractivity (Wildman–Crippen MR) is 120 cm³/mol. The van der Waals surface area contributed by atoms with Gasteiger partial charge in [0, 0.05) is 41.9 Å². The third-order valence-electron chi connectivity index (χ3n) is 4.89. The fraction of sp³-hybridized carbons (Fsp3) is 0.0800. The zero-order valence-electron chi connectivity index (χ0n) is 16.8. The van der Waals surface area contributed by atoms with Gasteiger partial charge in [0.2, 0.25) is 0 Å². The summed E-state index contributed by atoms with van der Waals surface area (Å²) in [4.78, 5) is 21.4. The highest BCUT2D eigenvalue weighted by molar-refractivity contribution is 5.96. The number of nitrogen functional groups attached to an aromatic ring is 1. The van der Waals surface area contributed by atoms with Crippen molar-refractivity contribution in [1.82, 2.24) is 15.3 Å². The van der Waals surface area contributed by atoms with Crippen molar-refractivity contribution in [1.29, 1.82) is 0 Å². The molecule has 0 bridgehead atoms. The molecule has 3 N–H and O–H groups in total. The van der Waals surface area contributed by atoms with E-state index in [0.29, 0.717) is 29.9 Å². The van der Waals surface area contributed by atoms with Gasteiger partial charge in [-0.1, -0.05) is 18.2 Å². The summed E-state index contributed by atoms with van der Waals surface area (Å²) in [5, 5.41) is 2.92. The minimum absolute atomic E-state index is 0.216. The van der Waals surface area contributed by atoms with E-state index in [0.717, 1.165) is 22.3 Å². The number of aromatic nitrogens is 2. The number of carbonyl (C=O) groups is 1. The number of anilines is 1. The number of amides is 1. The van der Waals surface area contributed by atoms with Crippen LogP contribution in [0.4, 0.5) is 10.1 Å². The smallest absolute Gasteiger partial charge is 0.252 e. The number of nitrogens with two attached hydrogens (primary N) is 1. The molecule has 31 heavy (non-hydrogen) atoms. The van der Waals surface area contributed by atoms with Gasteiger partial charge in [-0.15, -0.1) is 0 Å². The number of benzene rings is 2. The summed E-state index contributed by atoms with van der Waals surface area (Å²) in [6.45, 7) is 0.484. The Morgan fingerprint density at radius 3 is 2.55 bits per heavy atom. The first kappa shape index (κ1) is 20.2. The van der Waals surface area contributed by atoms with Crippen LogP contribution in [0.3, 0.4) is 0 Å². The average molecular weight is 412 g/mol. The Kier molecular flexibility index (Phi) is 5.98. The van der Waals surface area contributed by atoms with Crippen LogP contribution in [-0.4, -0.2) is 22.4 Å². The zero-order chi connectivity index (χ0) is 21.6. The van der Waals surface area contributed by atoms with E-state index >= 15 is 0 Å². The number of halogens is 1. The standard InChI is InChI=1S/C25H21FN4O/c26-21-8-6-18(7-9-21)24-23(19-4-1-5-22(27)13-19)14-20(16-30-24)25(31)29-12-10-17-3-2-11-28-15-17/h1-9,11,13-16H,10,12,27H2,(H,29,31). The van der Waals surface area contributed by atoms with Gasteiger partial charge in [-0.05, 0) is 66.1 Å². The number of hydrogen-bond donors (Lipinski definition) is 2. The Bertz CT molecular complexity index is 1190. The van der Waals surface area contributed by atoms with E-state index in [1.807, 2.05) is 30.3 Å². The third kappa shape index (κ3) is 4.93. The van der Waals surface area contributed by atoms with Crippen LogP contribution >= 0.6 is 0 Å². The first-order valence-electron chi connectivity index (χ1n) is 9.89. The van der Waals surface area contributed by atoms with Crippen LogP contribution in [0.2, 0.25) is 0 Å². The number of hydrogen-bond acceptors (Lipinski definition) is 4. The quantitative estimate of drug-likeness (QED) is 0.457. The number of rotatable bonds is 6. The van der Waals surface area contributed by atoms with Gasteiger partial charge in [-0.3, -0.25) is 14.8 Å². The van der Waals surface area contributed by atoms with Crippen LogP contribution in [0.15, 0.2) is 85.3 Å². The van der Waals surface area contributed by atoms with Crippen molar-refractivity contribution in [2.45, 2.75) is 6.42 Å². The Hall–Kier alpha value is -4.06. The molecule has 0 aliphatic heterocycles. The van der Waals surface area contributed by atoms with E-state index in [-0.39, 0.29) is 11.7 Å². The minimum atomic E-state index is -0.320. The summed E-state index contributed by atoms with van der Waals surface area (Å²) >= 11 is 0. The first-order chi connectivity index (χ1) is 15.1. The van der Waals surface area contributed by atoms with Crippen molar-refractivity contribution >= 4 is 11.6 Å². The van der Waals surface area contributed by atoms with Crippen LogP contribution in [0, 0.1) is 5.82 Å². The summed E-state index contributed by atoms with van der Waals surface area (Å²) < 4.78 is 13.4. The van der Waals surface area contributed by atoms with Gasteiger partial charge < -0.3 is 11.1 Å². The Labute approximate surface area is 179 Å². The van der Waals surface area contributed by atoms with E-state index in [2.05, 4.69) is 15.3 Å². The molecule has 0 aliphatic carbocycles. The number of nitrogens with one attached hydrogen (secondary N) is 1. The van der Waals surface area contributed by atoms with Crippen molar-refractivity contribution in [3.05, 3.63) is 102 Å². The molecule has 0 spiro atoms. The molecule has 5 nitrogen and oxygen atoms in total. The van der Waals surface area contributed by atoms with Crippen molar-refractivity contribution in [3.8, 4) is 22.4 Å². The second kappa shape index (κ2) is 9.17. The van der Waals surface area contributed by atoms with Crippen LogP contribution in [0.1, 0.15) is 15.9 Å². The van der Waals surface area contributed by atoms with Gasteiger partial charge >= 0.3 is 0 Å². The van der Waals surface area contributed by atoms with Crippen molar-refractivity contribution in [2.24, 2.45) is 0 Å². The Morgan fingerprint density at radius 1 is 0.968 bits per heavy atom. The lowest BCUT2D eigenvalue weighted by Crippen LogP contribution is -2.26. The second-order valence-electron chi connectivity index (χ2n) is 7.12. The molecule has 4 rings (SSSR count). The van der Waals surface area contributed by atoms with Crippen molar-refractivity contribution in [2.75, 3.05) is 12.3 Å². The monoisotopic (exact) mass is 412 g/mol. The molecule has 6 heteroatoms. The molecule has 2 aromatic carbocycles. The largest absolute Gasteiger partial charge is 0.399 e. The topological polar surface area (TPSA) is 80.9 Å². The van der Waals surface area contributed by atoms with E-state index in [1.165, 1.54) is 18.3 Å². The van der Waals surface area contributed by atoms with Crippen molar-refractivity contribution < 1.29 is 9.18 Å². The van der Waals surface area contributed by atoms with Gasteiger partial charge in [0.25, 0.3) is 5.91 Å². The summed E-state index contributed by atoms with van der Waals surface area (Å²) in [6.07, 6.45) is 5.72. The van der Waals surface area contributed by atoms with Crippen LogP contribution in [0.5, 0.6) is 0 Å². The molecule has 0 radical (unpaired) electrons. The van der Waals surface area contributed by atoms with E-state index < -0.39 is 0 Å². The van der Waals surface area contributed by atoms with Gasteiger partial charge in [-0.25, -0.2) is 4.39 Å². The van der Waals surface area contributed by atoms with Crippen LogP contribution < -0.4 is 11.1 Å². The molecule has 1 amide bonds. The number of pyridine rings is 2. The zero-order valence-corrected chi connectivity index (χ0v) is 16.8. The lowest BCUT2D eigenvalue weighted by Gasteiger charge is -2.12. The lowest BCUT2D eigenvalue weighted by molar-refractivity contribution is 0.0954. The molecule has 0 unspecified atom stereocenters. The molecule has 0 aliphatic rings. The normalized spacial score (nSPS) is 10.6. The average Bonchev–Trinajstić information content (AvgIpc) is 2.80. The van der Waals surface area contributed by atoms with E-state index in [4.69, 9.17) is 5.73 Å². The molecule has 2 aromatic heterocycles. The first-order valence-corrected chi connectivity index (χ1v) is 9.89. The highest BCUT2D eigenvalue weighted by atomic mass is 19.1. The van der Waals surface area contributed by atoms with Gasteiger partial charge in [0.05, 0.1) is 11.3 Å². The van der Waals surface area contributed by atoms with Crippen LogP contribution in [-0.2, 0) is 6.42 Å². The van der Waals surface area contributed by atoms with Gasteiger partial charge in [0.1, 0.15) is 5.82 Å². The molecule has 154 valence electrons. The lowest BCUT2D eigenvalue weighted by atomic mass is 9.97. The maximum atomic E-state index is 13.4. The Balaban J connectivity index is 1.62. The maximum absolute atomic E-state index is 13.4. The van der Waals surface area contributed by atoms with Crippen LogP contribution in [0.25, 0.3) is 22.4 Å². The molecular formula is C25H21FN4O. The summed E-state index contributed by atoms with van der Waals surface area (Å²) in [6, 6.07) is 19.1. The molecule has 0 saturated heterocycles. The summed E-state index contributed by atoms with van der Waals surface area (Å²) in [5.74, 6) is -0.536.